The van der Waals surface area contributed by atoms with Crippen LogP contribution in [0, 0.1) is 0 Å². The maximum atomic E-state index is 9.60. The van der Waals surface area contributed by atoms with Crippen LogP contribution in [0.1, 0.15) is 51.4 Å². The van der Waals surface area contributed by atoms with Crippen molar-refractivity contribution >= 4 is 15.0 Å². The minimum Gasteiger partial charge on any atom is 0.0733 e. The Kier molecular flexibility index (Phi) is 10.3. The summed E-state index contributed by atoms with van der Waals surface area (Å²) in [6.07, 6.45) is 9.65. The molecule has 1 rings (SSSR count). The number of rotatable bonds is 11. The molecule has 1 fully saturated rings. The molecular formula is C14H28O3Se. The first kappa shape index (κ1) is 16.5. The molecule has 0 spiro atoms. The Morgan fingerprint density at radius 3 is 2.33 bits per heavy atom. The molecular weight excluding hydrogens is 295 g/mol. The van der Waals surface area contributed by atoms with Gasteiger partial charge in [0.25, 0.3) is 0 Å². The first-order valence-electron chi connectivity index (χ1n) is 7.23. The van der Waals surface area contributed by atoms with Gasteiger partial charge in [-0.15, -0.1) is 0 Å². The summed E-state index contributed by atoms with van der Waals surface area (Å²) < 4.78 is 10.8. The second kappa shape index (κ2) is 11.2. The van der Waals surface area contributed by atoms with Crippen molar-refractivity contribution in [3.8, 4) is 0 Å². The van der Waals surface area contributed by atoms with Crippen LogP contribution in [0.15, 0.2) is 0 Å². The molecule has 1 aliphatic heterocycles. The summed E-state index contributed by atoms with van der Waals surface area (Å²) in [5.74, 6) is 2.19. The monoisotopic (exact) mass is 324 g/mol. The minimum absolute atomic E-state index is 0.0355. The average Bonchev–Trinajstić information content (AvgIpc) is 2.86. The van der Waals surface area contributed by atoms with Crippen LogP contribution in [0.3, 0.4) is 0 Å². The number of hydrogen-bond donors (Lipinski definition) is 1. The van der Waals surface area contributed by atoms with Crippen LogP contribution in [0.2, 0.25) is 11.1 Å². The molecule has 1 N–H and O–H groups in total. The third-order valence-electron chi connectivity index (χ3n) is 3.28. The van der Waals surface area contributed by atoms with Crippen molar-refractivity contribution < 1.29 is 14.6 Å². The first-order valence-corrected chi connectivity index (χ1v) is 10.2. The van der Waals surface area contributed by atoms with Gasteiger partial charge in [0.1, 0.15) is 0 Å². The molecule has 4 heteroatoms. The molecule has 1 aliphatic rings. The van der Waals surface area contributed by atoms with Gasteiger partial charge in [0, 0.05) is 0 Å². The molecule has 0 amide bonds. The Morgan fingerprint density at radius 2 is 1.67 bits per heavy atom. The van der Waals surface area contributed by atoms with E-state index in [9.17, 15) is 5.11 Å². The van der Waals surface area contributed by atoms with Crippen molar-refractivity contribution in [3.05, 3.63) is 0 Å². The van der Waals surface area contributed by atoms with Gasteiger partial charge in [-0.05, 0) is 0 Å². The number of hydrogen-bond acceptors (Lipinski definition) is 3. The van der Waals surface area contributed by atoms with E-state index in [2.05, 4.69) is 5.82 Å². The third-order valence-corrected chi connectivity index (χ3v) is 4.78. The standard InChI is InChI=1S/C14H28O3Se/c1-18-12-13(15)8-6-4-2-3-5-7-9-14-16-10-11-17-14/h13-15H,2-12H2,1H3. The van der Waals surface area contributed by atoms with E-state index in [4.69, 9.17) is 9.47 Å². The van der Waals surface area contributed by atoms with E-state index in [1.54, 1.807) is 0 Å². The molecule has 0 aromatic heterocycles. The fraction of sp³-hybridized carbons (Fsp3) is 1.00. The van der Waals surface area contributed by atoms with Crippen molar-refractivity contribution in [2.45, 2.75) is 74.9 Å². The summed E-state index contributed by atoms with van der Waals surface area (Å²) >= 11 is 0.615. The smallest absolute Gasteiger partial charge is 0.0733 e. The van der Waals surface area contributed by atoms with Crippen LogP contribution in [0.25, 0.3) is 0 Å². The molecule has 0 bridgehead atoms. The van der Waals surface area contributed by atoms with Gasteiger partial charge in [-0.2, -0.15) is 0 Å². The Morgan fingerprint density at radius 1 is 1.06 bits per heavy atom. The topological polar surface area (TPSA) is 38.7 Å². The molecule has 0 aromatic rings. The number of ether oxygens (including phenoxy) is 2. The Labute approximate surface area is 118 Å². The van der Waals surface area contributed by atoms with Gasteiger partial charge in [-0.3, -0.25) is 0 Å². The Bertz CT molecular complexity index is 184. The van der Waals surface area contributed by atoms with Crippen LogP contribution in [-0.4, -0.2) is 45.7 Å². The van der Waals surface area contributed by atoms with Crippen LogP contribution in [0.5, 0.6) is 0 Å². The summed E-state index contributed by atoms with van der Waals surface area (Å²) in [7, 11) is 0. The second-order valence-electron chi connectivity index (χ2n) is 4.98. The third kappa shape index (κ3) is 8.49. The van der Waals surface area contributed by atoms with Gasteiger partial charge < -0.3 is 0 Å². The van der Waals surface area contributed by atoms with E-state index in [0.29, 0.717) is 15.0 Å². The van der Waals surface area contributed by atoms with E-state index >= 15 is 0 Å². The summed E-state index contributed by atoms with van der Waals surface area (Å²) in [4.78, 5) is 0. The van der Waals surface area contributed by atoms with Crippen molar-refractivity contribution in [1.29, 1.82) is 0 Å². The molecule has 1 heterocycles. The van der Waals surface area contributed by atoms with Crippen LogP contribution in [-0.2, 0) is 9.47 Å². The molecule has 1 atom stereocenters. The van der Waals surface area contributed by atoms with Gasteiger partial charge in [-0.1, -0.05) is 0 Å². The fourth-order valence-electron chi connectivity index (χ4n) is 2.25. The van der Waals surface area contributed by atoms with Gasteiger partial charge in [0.05, 0.1) is 13.2 Å². The van der Waals surface area contributed by atoms with E-state index in [0.717, 1.165) is 31.4 Å². The number of unbranched alkanes of at least 4 members (excludes halogenated alkanes) is 5. The van der Waals surface area contributed by atoms with E-state index in [1.807, 2.05) is 0 Å². The van der Waals surface area contributed by atoms with Crippen molar-refractivity contribution in [3.63, 3.8) is 0 Å². The van der Waals surface area contributed by atoms with Gasteiger partial charge in [0.2, 0.25) is 0 Å². The molecule has 1 saturated heterocycles. The van der Waals surface area contributed by atoms with Crippen LogP contribution in [0.4, 0.5) is 0 Å². The van der Waals surface area contributed by atoms with Crippen molar-refractivity contribution in [2.24, 2.45) is 0 Å². The molecule has 3 nitrogen and oxygen atoms in total. The Hall–Kier alpha value is 0.399. The summed E-state index contributed by atoms with van der Waals surface area (Å²) in [6, 6.07) is 0. The Balaban J connectivity index is 1.75. The summed E-state index contributed by atoms with van der Waals surface area (Å²) in [5, 5.41) is 10.6. The van der Waals surface area contributed by atoms with E-state index in [1.165, 1.54) is 38.5 Å². The maximum absolute atomic E-state index is 9.60. The molecule has 0 saturated carbocycles. The van der Waals surface area contributed by atoms with Crippen LogP contribution < -0.4 is 0 Å². The van der Waals surface area contributed by atoms with Gasteiger partial charge >= 0.3 is 104 Å². The predicted molar refractivity (Wildman–Crippen MR) is 75.1 cm³/mol. The molecule has 18 heavy (non-hydrogen) atoms. The molecule has 108 valence electrons. The molecule has 0 aliphatic carbocycles. The second-order valence-corrected chi connectivity index (χ2v) is 6.89. The average molecular weight is 323 g/mol. The summed E-state index contributed by atoms with van der Waals surface area (Å²) in [5.41, 5.74) is 0. The van der Waals surface area contributed by atoms with Crippen LogP contribution >= 0.6 is 0 Å². The van der Waals surface area contributed by atoms with Crippen molar-refractivity contribution in [2.75, 3.05) is 13.2 Å². The molecule has 0 aromatic carbocycles. The quantitative estimate of drug-likeness (QED) is 0.469. The van der Waals surface area contributed by atoms with Gasteiger partial charge in [-0.25, -0.2) is 0 Å². The number of aliphatic hydroxyl groups is 1. The summed E-state index contributed by atoms with van der Waals surface area (Å²) in [6.45, 7) is 1.54. The van der Waals surface area contributed by atoms with Gasteiger partial charge in [0.15, 0.2) is 0 Å². The zero-order chi connectivity index (χ0) is 13.1. The molecule has 1 unspecified atom stereocenters. The minimum atomic E-state index is -0.0355. The number of aliphatic hydroxyl groups excluding tert-OH is 1. The zero-order valence-electron chi connectivity index (χ0n) is 11.6. The first-order chi connectivity index (χ1) is 8.83. The fourth-order valence-corrected chi connectivity index (χ4v) is 3.40. The SMILES string of the molecule is C[Se]CC(O)CCCCCCCCC1OCCO1. The van der Waals surface area contributed by atoms with Crippen molar-refractivity contribution in [1.82, 2.24) is 0 Å². The predicted octanol–water partition coefficient (Wildman–Crippen LogP) is 3.01. The normalized spacial score (nSPS) is 18.3. The van der Waals surface area contributed by atoms with E-state index in [-0.39, 0.29) is 12.4 Å². The van der Waals surface area contributed by atoms with E-state index < -0.39 is 0 Å². The zero-order valence-corrected chi connectivity index (χ0v) is 13.3. The molecule has 0 radical (unpaired) electrons.